The van der Waals surface area contributed by atoms with E-state index in [9.17, 15) is 0 Å². The van der Waals surface area contributed by atoms with Crippen molar-refractivity contribution in [3.05, 3.63) is 12.2 Å². The van der Waals surface area contributed by atoms with Crippen LogP contribution < -0.4 is 0 Å². The third-order valence-corrected chi connectivity index (χ3v) is 4.16. The molecule has 0 radical (unpaired) electrons. The average Bonchev–Trinajstić information content (AvgIpc) is 2.43. The lowest BCUT2D eigenvalue weighted by Crippen LogP contribution is -1.91. The molecule has 0 heteroatoms. The van der Waals surface area contributed by atoms with Crippen molar-refractivity contribution in [2.24, 2.45) is 5.92 Å². The van der Waals surface area contributed by atoms with Crippen molar-refractivity contribution in [1.29, 1.82) is 0 Å². The van der Waals surface area contributed by atoms with Crippen LogP contribution in [0.1, 0.15) is 104 Å². The minimum atomic E-state index is 0.934. The Morgan fingerprint density at radius 2 is 1.21 bits per heavy atom. The number of allylic oxidation sites excluding steroid dienone is 2. The van der Waals surface area contributed by atoms with E-state index in [1.54, 1.807) is 0 Å². The normalized spacial score (nSPS) is 13.2. The Morgan fingerprint density at radius 3 is 1.79 bits per heavy atom. The molecule has 0 rings (SSSR count). The van der Waals surface area contributed by atoms with Crippen LogP contribution in [0.4, 0.5) is 0 Å². The fraction of sp³-hybridized carbons (Fsp3) is 0.895. The Kier molecular flexibility index (Phi) is 15.6. The van der Waals surface area contributed by atoms with Crippen LogP contribution in [0.5, 0.6) is 0 Å². The Balaban J connectivity index is 3.09. The third kappa shape index (κ3) is 15.7. The molecule has 0 amide bonds. The van der Waals surface area contributed by atoms with E-state index in [-0.39, 0.29) is 0 Å². The van der Waals surface area contributed by atoms with Gasteiger partial charge < -0.3 is 0 Å². The first-order valence-corrected chi connectivity index (χ1v) is 8.96. The minimum absolute atomic E-state index is 0.934. The maximum atomic E-state index is 2.41. The molecule has 1 atom stereocenters. The van der Waals surface area contributed by atoms with Crippen LogP contribution in [-0.2, 0) is 0 Å². The van der Waals surface area contributed by atoms with E-state index in [1.807, 2.05) is 0 Å². The van der Waals surface area contributed by atoms with Crippen LogP contribution in [0.15, 0.2) is 12.2 Å². The molecule has 0 N–H and O–H groups in total. The van der Waals surface area contributed by atoms with Gasteiger partial charge in [0, 0.05) is 0 Å². The molecule has 0 bridgehead atoms. The highest BCUT2D eigenvalue weighted by Gasteiger charge is 1.97. The van der Waals surface area contributed by atoms with Gasteiger partial charge in [-0.15, -0.1) is 0 Å². The molecule has 0 fully saturated rings. The van der Waals surface area contributed by atoms with Gasteiger partial charge in [0.1, 0.15) is 0 Å². The second-order valence-corrected chi connectivity index (χ2v) is 6.18. The predicted molar refractivity (Wildman–Crippen MR) is 89.7 cm³/mol. The average molecular weight is 267 g/mol. The van der Waals surface area contributed by atoms with E-state index >= 15 is 0 Å². The Labute approximate surface area is 123 Å². The van der Waals surface area contributed by atoms with Crippen molar-refractivity contribution in [3.63, 3.8) is 0 Å². The second-order valence-electron chi connectivity index (χ2n) is 6.18. The summed E-state index contributed by atoms with van der Waals surface area (Å²) in [6.07, 6.45) is 22.9. The first-order valence-electron chi connectivity index (χ1n) is 8.96. The lowest BCUT2D eigenvalue weighted by molar-refractivity contribution is 0.479. The zero-order valence-corrected chi connectivity index (χ0v) is 13.9. The first-order chi connectivity index (χ1) is 9.31. The van der Waals surface area contributed by atoms with Gasteiger partial charge in [0.2, 0.25) is 0 Å². The monoisotopic (exact) mass is 266 g/mol. The van der Waals surface area contributed by atoms with Gasteiger partial charge in [-0.05, 0) is 31.6 Å². The van der Waals surface area contributed by atoms with E-state index < -0.39 is 0 Å². The summed E-state index contributed by atoms with van der Waals surface area (Å²) in [6.45, 7) is 6.96. The third-order valence-electron chi connectivity index (χ3n) is 4.16. The standard InChI is InChI=1S/C19H38/c1-4-6-7-8-9-10-11-12-13-14-15-16-17-18-19(3)5-2/h12-13,19H,4-11,14-18H2,1-3H3. The van der Waals surface area contributed by atoms with Gasteiger partial charge in [-0.2, -0.15) is 0 Å². The van der Waals surface area contributed by atoms with Gasteiger partial charge in [-0.3, -0.25) is 0 Å². The van der Waals surface area contributed by atoms with Gasteiger partial charge >= 0.3 is 0 Å². The highest BCUT2D eigenvalue weighted by atomic mass is 14.0. The van der Waals surface area contributed by atoms with E-state index in [2.05, 4.69) is 32.9 Å². The molecule has 1 unspecified atom stereocenters. The highest BCUT2D eigenvalue weighted by Crippen LogP contribution is 2.13. The topological polar surface area (TPSA) is 0 Å². The molecule has 114 valence electrons. The lowest BCUT2D eigenvalue weighted by atomic mass is 10.0. The summed E-state index contributed by atoms with van der Waals surface area (Å²) >= 11 is 0. The highest BCUT2D eigenvalue weighted by molar-refractivity contribution is 4.81. The summed E-state index contributed by atoms with van der Waals surface area (Å²) in [5, 5.41) is 0. The zero-order chi connectivity index (χ0) is 14.2. The van der Waals surface area contributed by atoms with E-state index in [1.165, 1.54) is 83.5 Å². The van der Waals surface area contributed by atoms with Crippen LogP contribution in [0, 0.1) is 5.92 Å². The lowest BCUT2D eigenvalue weighted by Gasteiger charge is -2.06. The Morgan fingerprint density at radius 1 is 0.684 bits per heavy atom. The molecule has 19 heavy (non-hydrogen) atoms. The molecule has 0 spiro atoms. The minimum Gasteiger partial charge on any atom is -0.0885 e. The summed E-state index contributed by atoms with van der Waals surface area (Å²) in [7, 11) is 0. The Hall–Kier alpha value is -0.260. The quantitative estimate of drug-likeness (QED) is 0.229. The molecule has 0 aromatic heterocycles. The summed E-state index contributed by atoms with van der Waals surface area (Å²) in [4.78, 5) is 0. The second kappa shape index (κ2) is 15.8. The molecule has 0 aliphatic carbocycles. The molecule has 0 nitrogen and oxygen atoms in total. The van der Waals surface area contributed by atoms with Crippen LogP contribution >= 0.6 is 0 Å². The SMILES string of the molecule is CCCCCCCCC=CCCCCCC(C)CC. The number of hydrogen-bond donors (Lipinski definition) is 0. The van der Waals surface area contributed by atoms with Crippen LogP contribution in [0.2, 0.25) is 0 Å². The van der Waals surface area contributed by atoms with Crippen molar-refractivity contribution in [1.82, 2.24) is 0 Å². The van der Waals surface area contributed by atoms with E-state index in [4.69, 9.17) is 0 Å². The molecule has 0 aliphatic heterocycles. The summed E-state index contributed by atoms with van der Waals surface area (Å²) in [5.41, 5.74) is 0. The largest absolute Gasteiger partial charge is 0.0885 e. The molecule has 0 heterocycles. The van der Waals surface area contributed by atoms with Gasteiger partial charge in [0.05, 0.1) is 0 Å². The van der Waals surface area contributed by atoms with Crippen molar-refractivity contribution in [2.75, 3.05) is 0 Å². The zero-order valence-electron chi connectivity index (χ0n) is 13.9. The fourth-order valence-corrected chi connectivity index (χ4v) is 2.41. The molecule has 0 aliphatic rings. The molecular weight excluding hydrogens is 228 g/mol. The molecular formula is C19H38. The molecule has 0 saturated heterocycles. The van der Waals surface area contributed by atoms with Gasteiger partial charge in [-0.25, -0.2) is 0 Å². The summed E-state index contributed by atoms with van der Waals surface area (Å²) in [6, 6.07) is 0. The molecule has 0 aromatic carbocycles. The first kappa shape index (κ1) is 18.7. The smallest absolute Gasteiger partial charge is 0.0351 e. The number of unbranched alkanes of at least 4 members (excludes halogenated alkanes) is 9. The van der Waals surface area contributed by atoms with Crippen LogP contribution in [0.25, 0.3) is 0 Å². The maximum absolute atomic E-state index is 2.41. The Bertz CT molecular complexity index is 180. The number of hydrogen-bond acceptors (Lipinski definition) is 0. The van der Waals surface area contributed by atoms with Gasteiger partial charge in [0.25, 0.3) is 0 Å². The van der Waals surface area contributed by atoms with Crippen molar-refractivity contribution < 1.29 is 0 Å². The van der Waals surface area contributed by atoms with E-state index in [0.717, 1.165) is 5.92 Å². The van der Waals surface area contributed by atoms with Crippen molar-refractivity contribution in [3.8, 4) is 0 Å². The number of rotatable bonds is 14. The molecule has 0 aromatic rings. The summed E-state index contributed by atoms with van der Waals surface area (Å²) < 4.78 is 0. The fourth-order valence-electron chi connectivity index (χ4n) is 2.41. The molecule has 0 saturated carbocycles. The predicted octanol–water partition coefficient (Wildman–Crippen LogP) is 7.29. The van der Waals surface area contributed by atoms with Gasteiger partial charge in [0.15, 0.2) is 0 Å². The van der Waals surface area contributed by atoms with Crippen molar-refractivity contribution in [2.45, 2.75) is 104 Å². The maximum Gasteiger partial charge on any atom is -0.0351 e. The van der Waals surface area contributed by atoms with Crippen molar-refractivity contribution >= 4 is 0 Å². The summed E-state index contributed by atoms with van der Waals surface area (Å²) in [5.74, 6) is 0.934. The van der Waals surface area contributed by atoms with Crippen LogP contribution in [-0.4, -0.2) is 0 Å². The van der Waals surface area contributed by atoms with Crippen LogP contribution in [0.3, 0.4) is 0 Å². The van der Waals surface area contributed by atoms with E-state index in [0.29, 0.717) is 0 Å². The van der Waals surface area contributed by atoms with Gasteiger partial charge in [-0.1, -0.05) is 90.7 Å².